The quantitative estimate of drug-likeness (QED) is 0.887. The van der Waals surface area contributed by atoms with Gasteiger partial charge in [-0.1, -0.05) is 6.07 Å². The van der Waals surface area contributed by atoms with E-state index in [0.29, 0.717) is 11.6 Å². The topological polar surface area (TPSA) is 78.0 Å². The number of aromatic nitrogens is 1. The summed E-state index contributed by atoms with van der Waals surface area (Å²) in [6, 6.07) is 10.2. The van der Waals surface area contributed by atoms with Gasteiger partial charge in [0.2, 0.25) is 0 Å². The van der Waals surface area contributed by atoms with Gasteiger partial charge in [-0.3, -0.25) is 4.90 Å². The summed E-state index contributed by atoms with van der Waals surface area (Å²) < 4.78 is 0. The highest BCUT2D eigenvalue weighted by Gasteiger charge is 2.24. The highest BCUT2D eigenvalue weighted by atomic mass is 32.1. The van der Waals surface area contributed by atoms with E-state index in [2.05, 4.69) is 32.7 Å². The normalized spacial score (nSPS) is 16.3. The molecule has 0 amide bonds. The lowest BCUT2D eigenvalue weighted by molar-refractivity contribution is 0.259. The maximum Gasteiger partial charge on any atom is 0.143 e. The van der Waals surface area contributed by atoms with Crippen molar-refractivity contribution in [2.75, 3.05) is 30.7 Å². The molecule has 0 spiro atoms. The first-order chi connectivity index (χ1) is 10.8. The molecule has 1 fully saturated rings. The lowest BCUT2D eigenvalue weighted by Crippen LogP contribution is -2.30. The molecule has 3 rings (SSSR count). The molecular weight excluding hydrogens is 294 g/mol. The van der Waals surface area contributed by atoms with Crippen LogP contribution in [0, 0.1) is 11.3 Å². The lowest BCUT2D eigenvalue weighted by Gasteiger charge is -2.27. The Morgan fingerprint density at radius 1 is 1.36 bits per heavy atom. The maximum absolute atomic E-state index is 8.90. The van der Waals surface area contributed by atoms with Crippen molar-refractivity contribution >= 4 is 23.0 Å². The third-order valence-electron chi connectivity index (χ3n) is 3.97. The van der Waals surface area contributed by atoms with Crippen LogP contribution in [0.15, 0.2) is 29.6 Å². The van der Waals surface area contributed by atoms with Crippen LogP contribution >= 0.6 is 11.3 Å². The average Bonchev–Trinajstić information content (AvgIpc) is 3.21. The number of nitrogens with zero attached hydrogens (tertiary/aromatic N) is 3. The number of nitrogens with two attached hydrogens (primary N) is 1. The number of anilines is 2. The second kappa shape index (κ2) is 6.77. The van der Waals surface area contributed by atoms with E-state index in [9.17, 15) is 0 Å². The Bertz CT molecular complexity index is 656. The highest BCUT2D eigenvalue weighted by Crippen LogP contribution is 2.28. The summed E-state index contributed by atoms with van der Waals surface area (Å²) >= 11 is 1.79. The first-order valence-electron chi connectivity index (χ1n) is 7.46. The highest BCUT2D eigenvalue weighted by molar-refractivity contribution is 7.10. The van der Waals surface area contributed by atoms with Crippen LogP contribution in [0.2, 0.25) is 0 Å². The van der Waals surface area contributed by atoms with Crippen molar-refractivity contribution in [3.05, 3.63) is 40.1 Å². The fraction of sp³-hybridized carbons (Fsp3) is 0.375. The molecule has 0 aliphatic carbocycles. The zero-order chi connectivity index (χ0) is 15.4. The van der Waals surface area contributed by atoms with Crippen molar-refractivity contribution in [2.45, 2.75) is 18.9 Å². The second-order valence-electron chi connectivity index (χ2n) is 5.40. The number of nitrogens with one attached hydrogen (secondary N) is 1. The minimum atomic E-state index is 0.279. The van der Waals surface area contributed by atoms with Crippen molar-refractivity contribution < 1.29 is 0 Å². The van der Waals surface area contributed by atoms with Crippen molar-refractivity contribution in [3.63, 3.8) is 0 Å². The van der Waals surface area contributed by atoms with E-state index in [4.69, 9.17) is 11.0 Å². The standard InChI is InChI=1S/C16H19N5S/c17-10-12-5-6-15(20-16(12)18)19-11-13(14-4-3-9-22-14)21-7-1-2-8-21/h3-6,9,13H,1-2,7-8,11H2,(H3,18,19,20). The molecule has 114 valence electrons. The molecule has 1 unspecified atom stereocenters. The number of hydrogen-bond acceptors (Lipinski definition) is 6. The largest absolute Gasteiger partial charge is 0.383 e. The minimum Gasteiger partial charge on any atom is -0.383 e. The molecule has 1 atom stereocenters. The molecule has 6 heteroatoms. The summed E-state index contributed by atoms with van der Waals surface area (Å²) in [5.74, 6) is 0.999. The van der Waals surface area contributed by atoms with E-state index >= 15 is 0 Å². The van der Waals surface area contributed by atoms with Crippen molar-refractivity contribution in [2.24, 2.45) is 0 Å². The fourth-order valence-corrected chi connectivity index (χ4v) is 3.67. The van der Waals surface area contributed by atoms with E-state index in [1.165, 1.54) is 17.7 Å². The van der Waals surface area contributed by atoms with Gasteiger partial charge >= 0.3 is 0 Å². The van der Waals surface area contributed by atoms with Gasteiger partial charge in [0.15, 0.2) is 0 Å². The van der Waals surface area contributed by atoms with Gasteiger partial charge in [0.25, 0.3) is 0 Å². The van der Waals surface area contributed by atoms with Crippen molar-refractivity contribution in [1.82, 2.24) is 9.88 Å². The smallest absolute Gasteiger partial charge is 0.143 e. The molecule has 0 aromatic carbocycles. The number of nitrogen functional groups attached to an aromatic ring is 1. The minimum absolute atomic E-state index is 0.279. The Kier molecular flexibility index (Phi) is 4.56. The second-order valence-corrected chi connectivity index (χ2v) is 6.38. The number of thiophene rings is 1. The predicted octanol–water partition coefficient (Wildman–Crippen LogP) is 2.85. The van der Waals surface area contributed by atoms with Gasteiger partial charge < -0.3 is 11.1 Å². The molecule has 5 nitrogen and oxygen atoms in total. The van der Waals surface area contributed by atoms with Gasteiger partial charge in [0.05, 0.1) is 11.6 Å². The molecular formula is C16H19N5S. The fourth-order valence-electron chi connectivity index (χ4n) is 2.81. The molecule has 0 bridgehead atoms. The van der Waals surface area contributed by atoms with Crippen LogP contribution in [-0.2, 0) is 0 Å². The average molecular weight is 313 g/mol. The summed E-state index contributed by atoms with van der Waals surface area (Å²) in [4.78, 5) is 8.14. The van der Waals surface area contributed by atoms with Gasteiger partial charge in [0, 0.05) is 11.4 Å². The van der Waals surface area contributed by atoms with Crippen LogP contribution in [0.5, 0.6) is 0 Å². The van der Waals surface area contributed by atoms with Crippen LogP contribution in [-0.4, -0.2) is 29.5 Å². The van der Waals surface area contributed by atoms with Gasteiger partial charge in [-0.05, 0) is 49.5 Å². The van der Waals surface area contributed by atoms with E-state index < -0.39 is 0 Å². The molecule has 1 aliphatic rings. The summed E-state index contributed by atoms with van der Waals surface area (Å²) in [7, 11) is 0. The molecule has 2 aromatic heterocycles. The summed E-state index contributed by atoms with van der Waals surface area (Å²) in [5.41, 5.74) is 6.19. The zero-order valence-electron chi connectivity index (χ0n) is 12.3. The SMILES string of the molecule is N#Cc1ccc(NCC(c2cccs2)N2CCCC2)nc1N. The van der Waals surface area contributed by atoms with Gasteiger partial charge in [-0.25, -0.2) is 4.98 Å². The number of nitriles is 1. The molecule has 22 heavy (non-hydrogen) atoms. The Hall–Kier alpha value is -2.10. The summed E-state index contributed by atoms with van der Waals surface area (Å²) in [6.07, 6.45) is 2.54. The van der Waals surface area contributed by atoms with Crippen molar-refractivity contribution in [1.29, 1.82) is 5.26 Å². The van der Waals surface area contributed by atoms with Crippen LogP contribution < -0.4 is 11.1 Å². The van der Waals surface area contributed by atoms with E-state index in [-0.39, 0.29) is 5.82 Å². The molecule has 3 N–H and O–H groups in total. The van der Waals surface area contributed by atoms with E-state index in [1.54, 1.807) is 17.4 Å². The molecule has 0 radical (unpaired) electrons. The zero-order valence-corrected chi connectivity index (χ0v) is 13.1. The Labute approximate surface area is 134 Å². The molecule has 1 aliphatic heterocycles. The first kappa shape index (κ1) is 14.8. The van der Waals surface area contributed by atoms with Gasteiger partial charge in [0.1, 0.15) is 17.7 Å². The maximum atomic E-state index is 8.90. The van der Waals surface area contributed by atoms with Gasteiger partial charge in [-0.15, -0.1) is 11.3 Å². The van der Waals surface area contributed by atoms with Crippen molar-refractivity contribution in [3.8, 4) is 6.07 Å². The Balaban J connectivity index is 1.71. The van der Waals surface area contributed by atoms with Crippen LogP contribution in [0.25, 0.3) is 0 Å². The molecule has 1 saturated heterocycles. The van der Waals surface area contributed by atoms with E-state index in [1.807, 2.05) is 12.1 Å². The third-order valence-corrected chi connectivity index (χ3v) is 4.95. The summed E-state index contributed by atoms with van der Waals surface area (Å²) in [6.45, 7) is 3.08. The lowest BCUT2D eigenvalue weighted by atomic mass is 10.2. The molecule has 2 aromatic rings. The number of hydrogen-bond donors (Lipinski definition) is 2. The molecule has 0 saturated carbocycles. The Morgan fingerprint density at radius 2 is 2.18 bits per heavy atom. The van der Waals surface area contributed by atoms with Crippen LogP contribution in [0.3, 0.4) is 0 Å². The predicted molar refractivity (Wildman–Crippen MR) is 89.7 cm³/mol. The number of rotatable bonds is 5. The monoisotopic (exact) mass is 313 g/mol. The third kappa shape index (κ3) is 3.21. The van der Waals surface area contributed by atoms with Crippen LogP contribution in [0.1, 0.15) is 29.3 Å². The van der Waals surface area contributed by atoms with Crippen LogP contribution in [0.4, 0.5) is 11.6 Å². The molecule has 3 heterocycles. The summed E-state index contributed by atoms with van der Waals surface area (Å²) in [5, 5.41) is 14.4. The number of likely N-dealkylation sites (tertiary alicyclic amines) is 1. The number of pyridine rings is 1. The van der Waals surface area contributed by atoms with Gasteiger partial charge in [-0.2, -0.15) is 5.26 Å². The first-order valence-corrected chi connectivity index (χ1v) is 8.34. The van der Waals surface area contributed by atoms with E-state index in [0.717, 1.165) is 25.5 Å². The Morgan fingerprint density at radius 3 is 2.82 bits per heavy atom.